The number of nitrogens with one attached hydrogen (secondary N) is 1. The maximum absolute atomic E-state index is 13.4. The summed E-state index contributed by atoms with van der Waals surface area (Å²) in [6.07, 6.45) is 7.72. The van der Waals surface area contributed by atoms with E-state index in [1.54, 1.807) is 24.5 Å². The monoisotopic (exact) mass is 345 g/mol. The fraction of sp³-hybridized carbons (Fsp3) is 0.150. The molecule has 128 valence electrons. The van der Waals surface area contributed by atoms with Gasteiger partial charge in [-0.25, -0.2) is 14.4 Å². The third kappa shape index (κ3) is 2.69. The van der Waals surface area contributed by atoms with Gasteiger partial charge in [0.25, 0.3) is 0 Å². The molecule has 1 aromatic carbocycles. The maximum Gasteiger partial charge on any atom is 0.147 e. The van der Waals surface area contributed by atoms with Crippen LogP contribution < -0.4 is 5.32 Å². The van der Waals surface area contributed by atoms with Gasteiger partial charge in [0, 0.05) is 29.7 Å². The zero-order valence-corrected chi connectivity index (χ0v) is 13.9. The quantitative estimate of drug-likeness (QED) is 0.602. The van der Waals surface area contributed by atoms with Crippen molar-refractivity contribution in [3.05, 3.63) is 66.9 Å². The number of benzene rings is 1. The van der Waals surface area contributed by atoms with Crippen molar-refractivity contribution in [3.8, 4) is 17.1 Å². The van der Waals surface area contributed by atoms with Gasteiger partial charge in [-0.1, -0.05) is 0 Å². The molecule has 0 saturated heterocycles. The number of nitrogens with zero attached hydrogens (tertiary/aromatic N) is 4. The number of hydrogen-bond acceptors (Lipinski definition) is 4. The van der Waals surface area contributed by atoms with Gasteiger partial charge < -0.3 is 5.32 Å². The first-order valence-corrected chi connectivity index (χ1v) is 8.59. The summed E-state index contributed by atoms with van der Waals surface area (Å²) in [4.78, 5) is 13.5. The number of anilines is 1. The molecule has 3 heterocycles. The minimum absolute atomic E-state index is 0.269. The van der Waals surface area contributed by atoms with Gasteiger partial charge in [0.15, 0.2) is 0 Å². The molecule has 0 bridgehead atoms. The van der Waals surface area contributed by atoms with E-state index >= 15 is 0 Å². The molecule has 1 saturated carbocycles. The number of aromatic nitrogens is 4. The van der Waals surface area contributed by atoms with E-state index in [1.807, 2.05) is 29.0 Å². The highest BCUT2D eigenvalue weighted by molar-refractivity contribution is 5.82. The molecule has 4 aromatic rings. The van der Waals surface area contributed by atoms with E-state index in [-0.39, 0.29) is 5.82 Å². The van der Waals surface area contributed by atoms with Gasteiger partial charge in [-0.3, -0.25) is 9.55 Å². The van der Waals surface area contributed by atoms with Gasteiger partial charge in [0.1, 0.15) is 17.5 Å². The molecule has 6 heteroatoms. The molecule has 0 atom stereocenters. The smallest absolute Gasteiger partial charge is 0.147 e. The number of fused-ring (bicyclic) bond motifs is 1. The largest absolute Gasteiger partial charge is 0.367 e. The van der Waals surface area contributed by atoms with Crippen LogP contribution in [-0.2, 0) is 0 Å². The average molecular weight is 345 g/mol. The Morgan fingerprint density at radius 3 is 2.58 bits per heavy atom. The summed E-state index contributed by atoms with van der Waals surface area (Å²) >= 11 is 0. The van der Waals surface area contributed by atoms with Crippen LogP contribution in [0.4, 0.5) is 10.2 Å². The molecule has 0 radical (unpaired) electrons. The first-order valence-electron chi connectivity index (χ1n) is 8.59. The molecule has 0 spiro atoms. The SMILES string of the molecule is Fc1ccc(-n2c(-c3ccc(NC4CC4)nc3)nc3ccncc32)cc1. The topological polar surface area (TPSA) is 55.6 Å². The molecule has 1 aliphatic rings. The Kier molecular flexibility index (Phi) is 3.41. The second-order valence-electron chi connectivity index (χ2n) is 6.46. The normalized spacial score (nSPS) is 13.9. The van der Waals surface area contributed by atoms with Gasteiger partial charge in [-0.15, -0.1) is 0 Å². The molecule has 3 aromatic heterocycles. The summed E-state index contributed by atoms with van der Waals surface area (Å²) in [7, 11) is 0. The first kappa shape index (κ1) is 15.0. The lowest BCUT2D eigenvalue weighted by molar-refractivity contribution is 0.627. The molecular weight excluding hydrogens is 329 g/mol. The van der Waals surface area contributed by atoms with Crippen LogP contribution in [0.2, 0.25) is 0 Å². The molecule has 1 aliphatic carbocycles. The Balaban J connectivity index is 1.64. The van der Waals surface area contributed by atoms with Gasteiger partial charge in [-0.2, -0.15) is 0 Å². The summed E-state index contributed by atoms with van der Waals surface area (Å²) in [5.74, 6) is 1.36. The van der Waals surface area contributed by atoms with Crippen molar-refractivity contribution in [3.63, 3.8) is 0 Å². The molecular formula is C20H16FN5. The van der Waals surface area contributed by atoms with Crippen molar-refractivity contribution < 1.29 is 4.39 Å². The van der Waals surface area contributed by atoms with Crippen molar-refractivity contribution in [1.29, 1.82) is 0 Å². The maximum atomic E-state index is 13.4. The first-order chi connectivity index (χ1) is 12.8. The van der Waals surface area contributed by atoms with E-state index < -0.39 is 0 Å². The van der Waals surface area contributed by atoms with Crippen LogP contribution >= 0.6 is 0 Å². The minimum Gasteiger partial charge on any atom is -0.367 e. The molecule has 1 N–H and O–H groups in total. The highest BCUT2D eigenvalue weighted by atomic mass is 19.1. The third-order valence-corrected chi connectivity index (χ3v) is 4.49. The molecule has 5 nitrogen and oxygen atoms in total. The number of imidazole rings is 1. The van der Waals surface area contributed by atoms with Crippen LogP contribution in [0.3, 0.4) is 0 Å². The minimum atomic E-state index is -0.269. The average Bonchev–Trinajstić information content (AvgIpc) is 3.40. The molecule has 0 aliphatic heterocycles. The van der Waals surface area contributed by atoms with Crippen molar-refractivity contribution in [2.24, 2.45) is 0 Å². The van der Waals surface area contributed by atoms with Gasteiger partial charge >= 0.3 is 0 Å². The summed E-state index contributed by atoms with van der Waals surface area (Å²) in [5.41, 5.74) is 3.43. The van der Waals surface area contributed by atoms with Crippen LogP contribution in [-0.4, -0.2) is 25.6 Å². The Hall–Kier alpha value is -3.28. The van der Waals surface area contributed by atoms with Gasteiger partial charge in [0.05, 0.1) is 17.2 Å². The van der Waals surface area contributed by atoms with Crippen LogP contribution in [0, 0.1) is 5.82 Å². The second-order valence-corrected chi connectivity index (χ2v) is 6.46. The summed E-state index contributed by atoms with van der Waals surface area (Å²) in [6, 6.07) is 12.8. The van der Waals surface area contributed by atoms with Crippen molar-refractivity contribution in [2.75, 3.05) is 5.32 Å². The van der Waals surface area contributed by atoms with Crippen LogP contribution in [0.5, 0.6) is 0 Å². The molecule has 1 fully saturated rings. The van der Waals surface area contributed by atoms with Gasteiger partial charge in [0.2, 0.25) is 0 Å². The predicted molar refractivity (Wildman–Crippen MR) is 98.7 cm³/mol. The van der Waals surface area contributed by atoms with E-state index in [0.29, 0.717) is 6.04 Å². The standard InChI is InChI=1S/C20H16FN5/c21-14-2-6-16(7-3-14)26-18-12-22-10-9-17(18)25-20(26)13-1-8-19(23-11-13)24-15-4-5-15/h1-3,6-12,15H,4-5H2,(H,23,24). The van der Waals surface area contributed by atoms with Crippen molar-refractivity contribution >= 4 is 16.9 Å². The van der Waals surface area contributed by atoms with Crippen LogP contribution in [0.15, 0.2) is 61.1 Å². The Morgan fingerprint density at radius 1 is 1.00 bits per heavy atom. The zero-order chi connectivity index (χ0) is 17.5. The lowest BCUT2D eigenvalue weighted by Crippen LogP contribution is -2.03. The fourth-order valence-corrected chi connectivity index (χ4v) is 3.02. The van der Waals surface area contributed by atoms with E-state index in [4.69, 9.17) is 4.98 Å². The van der Waals surface area contributed by atoms with Gasteiger partial charge in [-0.05, 0) is 55.3 Å². The molecule has 5 rings (SSSR count). The molecule has 0 amide bonds. The van der Waals surface area contributed by atoms with Crippen molar-refractivity contribution in [1.82, 2.24) is 19.5 Å². The summed E-state index contributed by atoms with van der Waals surface area (Å²) in [6.45, 7) is 0. The van der Waals surface area contributed by atoms with Crippen LogP contribution in [0.25, 0.3) is 28.1 Å². The van der Waals surface area contributed by atoms with Crippen LogP contribution in [0.1, 0.15) is 12.8 Å². The Bertz CT molecular complexity index is 1070. The van der Waals surface area contributed by atoms with Crippen molar-refractivity contribution in [2.45, 2.75) is 18.9 Å². The Morgan fingerprint density at radius 2 is 1.85 bits per heavy atom. The van der Waals surface area contributed by atoms with E-state index in [0.717, 1.165) is 33.9 Å². The lowest BCUT2D eigenvalue weighted by atomic mass is 10.2. The number of halogens is 1. The lowest BCUT2D eigenvalue weighted by Gasteiger charge is -2.10. The summed E-state index contributed by atoms with van der Waals surface area (Å²) < 4.78 is 15.3. The van der Waals surface area contributed by atoms with E-state index in [2.05, 4.69) is 15.3 Å². The van der Waals surface area contributed by atoms with E-state index in [1.165, 1.54) is 25.0 Å². The Labute approximate surface area is 149 Å². The third-order valence-electron chi connectivity index (χ3n) is 4.49. The number of hydrogen-bond donors (Lipinski definition) is 1. The highest BCUT2D eigenvalue weighted by Crippen LogP contribution is 2.29. The number of pyridine rings is 2. The fourth-order valence-electron chi connectivity index (χ4n) is 3.02. The zero-order valence-electron chi connectivity index (χ0n) is 13.9. The summed E-state index contributed by atoms with van der Waals surface area (Å²) in [5, 5.41) is 3.38. The highest BCUT2D eigenvalue weighted by Gasteiger charge is 2.21. The number of rotatable bonds is 4. The molecule has 26 heavy (non-hydrogen) atoms. The van der Waals surface area contributed by atoms with E-state index in [9.17, 15) is 4.39 Å². The predicted octanol–water partition coefficient (Wildman–Crippen LogP) is 4.20. The second kappa shape index (κ2) is 5.91. The molecule has 0 unspecified atom stereocenters.